The fourth-order valence-corrected chi connectivity index (χ4v) is 3.80. The van der Waals surface area contributed by atoms with Crippen molar-refractivity contribution in [2.24, 2.45) is 0 Å². The van der Waals surface area contributed by atoms with E-state index >= 15 is 0 Å². The van der Waals surface area contributed by atoms with E-state index in [9.17, 15) is 13.2 Å². The largest absolute Gasteiger partial charge is 0.484 e. The molecular formula is C19H23BrN2O5S. The molecule has 0 fully saturated rings. The minimum absolute atomic E-state index is 0.115. The van der Waals surface area contributed by atoms with E-state index in [0.717, 1.165) is 10.0 Å². The third-order valence-corrected chi connectivity index (χ3v) is 5.80. The van der Waals surface area contributed by atoms with Crippen molar-refractivity contribution < 1.29 is 22.7 Å². The number of hydrogen-bond donors (Lipinski definition) is 2. The molecule has 1 atom stereocenters. The van der Waals surface area contributed by atoms with E-state index in [0.29, 0.717) is 5.75 Å². The molecular weight excluding hydrogens is 448 g/mol. The van der Waals surface area contributed by atoms with E-state index in [-0.39, 0.29) is 36.6 Å². The van der Waals surface area contributed by atoms with Crippen LogP contribution in [0.4, 0.5) is 0 Å². The van der Waals surface area contributed by atoms with E-state index in [1.165, 1.54) is 31.4 Å². The van der Waals surface area contributed by atoms with Crippen molar-refractivity contribution in [2.75, 3.05) is 26.9 Å². The average Bonchev–Trinajstić information content (AvgIpc) is 2.67. The Balaban J connectivity index is 1.86. The number of hydrogen-bond acceptors (Lipinski definition) is 5. The summed E-state index contributed by atoms with van der Waals surface area (Å²) in [5.74, 6) is 0.131. The summed E-state index contributed by atoms with van der Waals surface area (Å²) in [5, 5.41) is 2.86. The van der Waals surface area contributed by atoms with Crippen LogP contribution in [0.15, 0.2) is 57.9 Å². The Labute approximate surface area is 173 Å². The molecule has 0 heterocycles. The number of halogens is 1. The number of methoxy groups -OCH3 is 1. The maximum atomic E-state index is 12.1. The number of benzene rings is 2. The van der Waals surface area contributed by atoms with Gasteiger partial charge < -0.3 is 14.8 Å². The van der Waals surface area contributed by atoms with E-state index in [1.807, 2.05) is 31.2 Å². The third-order valence-electron chi connectivity index (χ3n) is 3.83. The van der Waals surface area contributed by atoms with Crippen molar-refractivity contribution in [3.05, 3.63) is 58.6 Å². The number of sulfonamides is 1. The number of amides is 1. The van der Waals surface area contributed by atoms with Gasteiger partial charge in [0.15, 0.2) is 6.61 Å². The molecule has 2 rings (SSSR count). The molecule has 0 unspecified atom stereocenters. The first-order valence-electron chi connectivity index (χ1n) is 8.58. The summed E-state index contributed by atoms with van der Waals surface area (Å²) in [6, 6.07) is 13.4. The van der Waals surface area contributed by atoms with E-state index in [2.05, 4.69) is 26.0 Å². The highest BCUT2D eigenvalue weighted by molar-refractivity contribution is 9.10. The number of carbonyl (C=O) groups excluding carboxylic acids is 1. The Hall–Kier alpha value is -1.94. The SMILES string of the molecule is COCCNS(=O)(=O)c1ccc(OCC(=O)N[C@H](C)c2cccc(Br)c2)cc1. The van der Waals surface area contributed by atoms with E-state index in [1.54, 1.807) is 0 Å². The molecule has 9 heteroatoms. The first-order valence-corrected chi connectivity index (χ1v) is 10.9. The minimum Gasteiger partial charge on any atom is -0.484 e. The van der Waals surface area contributed by atoms with Crippen molar-refractivity contribution in [3.63, 3.8) is 0 Å². The molecule has 152 valence electrons. The number of nitrogens with one attached hydrogen (secondary N) is 2. The van der Waals surface area contributed by atoms with Gasteiger partial charge in [-0.25, -0.2) is 13.1 Å². The lowest BCUT2D eigenvalue weighted by atomic mass is 10.1. The molecule has 0 aliphatic heterocycles. The first-order chi connectivity index (χ1) is 13.3. The maximum absolute atomic E-state index is 12.1. The van der Waals surface area contributed by atoms with Gasteiger partial charge in [-0.1, -0.05) is 28.1 Å². The van der Waals surface area contributed by atoms with Gasteiger partial charge in [0.25, 0.3) is 5.91 Å². The molecule has 0 saturated heterocycles. The Bertz CT molecular complexity index is 887. The average molecular weight is 471 g/mol. The first kappa shape index (κ1) is 22.4. The summed E-state index contributed by atoms with van der Waals surface area (Å²) in [5.41, 5.74) is 0.971. The molecule has 0 radical (unpaired) electrons. The highest BCUT2D eigenvalue weighted by Gasteiger charge is 2.14. The van der Waals surface area contributed by atoms with Crippen LogP contribution in [-0.4, -0.2) is 41.2 Å². The lowest BCUT2D eigenvalue weighted by molar-refractivity contribution is -0.123. The fourth-order valence-electron chi connectivity index (χ4n) is 2.37. The van der Waals surface area contributed by atoms with Crippen LogP contribution < -0.4 is 14.8 Å². The summed E-state index contributed by atoms with van der Waals surface area (Å²) in [7, 11) is -2.10. The predicted octanol–water partition coefficient (Wildman–Crippen LogP) is 2.63. The normalized spacial score (nSPS) is 12.4. The molecule has 0 spiro atoms. The summed E-state index contributed by atoms with van der Waals surface area (Å²) in [6.45, 7) is 2.19. The van der Waals surface area contributed by atoms with Gasteiger partial charge in [-0.2, -0.15) is 0 Å². The predicted molar refractivity (Wildman–Crippen MR) is 110 cm³/mol. The van der Waals surface area contributed by atoms with Crippen LogP contribution in [0.25, 0.3) is 0 Å². The van der Waals surface area contributed by atoms with Crippen molar-refractivity contribution >= 4 is 31.9 Å². The van der Waals surface area contributed by atoms with E-state index in [4.69, 9.17) is 9.47 Å². The van der Waals surface area contributed by atoms with Crippen LogP contribution in [0.3, 0.4) is 0 Å². The van der Waals surface area contributed by atoms with Gasteiger partial charge in [0.05, 0.1) is 17.5 Å². The Kier molecular flexibility index (Phi) is 8.43. The Morgan fingerprint density at radius 1 is 1.18 bits per heavy atom. The van der Waals surface area contributed by atoms with Crippen molar-refractivity contribution in [3.8, 4) is 5.75 Å². The number of rotatable bonds is 10. The van der Waals surface area contributed by atoms with Gasteiger partial charge in [0.1, 0.15) is 5.75 Å². The topological polar surface area (TPSA) is 93.7 Å². The Morgan fingerprint density at radius 2 is 1.89 bits per heavy atom. The van der Waals surface area contributed by atoms with Gasteiger partial charge >= 0.3 is 0 Å². The van der Waals surface area contributed by atoms with Gasteiger partial charge in [-0.05, 0) is 48.9 Å². The van der Waals surface area contributed by atoms with Crippen molar-refractivity contribution in [2.45, 2.75) is 17.9 Å². The second-order valence-electron chi connectivity index (χ2n) is 5.99. The highest BCUT2D eigenvalue weighted by atomic mass is 79.9. The molecule has 7 nitrogen and oxygen atoms in total. The zero-order valence-electron chi connectivity index (χ0n) is 15.6. The molecule has 2 N–H and O–H groups in total. The summed E-state index contributed by atoms with van der Waals surface area (Å²) >= 11 is 3.40. The molecule has 0 aliphatic rings. The Morgan fingerprint density at radius 3 is 2.54 bits per heavy atom. The quantitative estimate of drug-likeness (QED) is 0.520. The van der Waals surface area contributed by atoms with Crippen LogP contribution >= 0.6 is 15.9 Å². The highest BCUT2D eigenvalue weighted by Crippen LogP contribution is 2.18. The molecule has 2 aromatic carbocycles. The lowest BCUT2D eigenvalue weighted by Crippen LogP contribution is -2.31. The number of carbonyl (C=O) groups is 1. The van der Waals surface area contributed by atoms with Gasteiger partial charge in [0.2, 0.25) is 10.0 Å². The molecule has 0 bridgehead atoms. The monoisotopic (exact) mass is 470 g/mol. The van der Waals surface area contributed by atoms with Gasteiger partial charge in [-0.15, -0.1) is 0 Å². The summed E-state index contributed by atoms with van der Waals surface area (Å²) in [6.07, 6.45) is 0. The number of ether oxygens (including phenoxy) is 2. The minimum atomic E-state index is -3.60. The van der Waals surface area contributed by atoms with Crippen LogP contribution in [0, 0.1) is 0 Å². The molecule has 0 saturated carbocycles. The van der Waals surface area contributed by atoms with E-state index < -0.39 is 10.0 Å². The molecule has 2 aromatic rings. The zero-order valence-corrected chi connectivity index (χ0v) is 18.0. The van der Waals surface area contributed by atoms with Crippen LogP contribution in [0.5, 0.6) is 5.75 Å². The fraction of sp³-hybridized carbons (Fsp3) is 0.316. The van der Waals surface area contributed by atoms with Crippen LogP contribution in [0.1, 0.15) is 18.5 Å². The molecule has 0 aromatic heterocycles. The zero-order chi connectivity index (χ0) is 20.6. The van der Waals surface area contributed by atoms with Crippen LogP contribution in [0.2, 0.25) is 0 Å². The van der Waals surface area contributed by atoms with Crippen LogP contribution in [-0.2, 0) is 19.6 Å². The maximum Gasteiger partial charge on any atom is 0.258 e. The van der Waals surface area contributed by atoms with Crippen molar-refractivity contribution in [1.82, 2.24) is 10.0 Å². The summed E-state index contributed by atoms with van der Waals surface area (Å²) in [4.78, 5) is 12.2. The van der Waals surface area contributed by atoms with Gasteiger partial charge in [0, 0.05) is 18.1 Å². The van der Waals surface area contributed by atoms with Gasteiger partial charge in [-0.3, -0.25) is 4.79 Å². The standard InChI is InChI=1S/C19H23BrN2O5S/c1-14(15-4-3-5-16(20)12-15)22-19(23)13-27-17-6-8-18(9-7-17)28(24,25)21-10-11-26-2/h3-9,12,14,21H,10-11,13H2,1-2H3,(H,22,23)/t14-/m1/s1. The molecule has 1 amide bonds. The smallest absolute Gasteiger partial charge is 0.258 e. The second-order valence-corrected chi connectivity index (χ2v) is 8.68. The second kappa shape index (κ2) is 10.6. The molecule has 28 heavy (non-hydrogen) atoms. The summed E-state index contributed by atoms with van der Waals surface area (Å²) < 4.78 is 37.8. The molecule has 0 aliphatic carbocycles. The lowest BCUT2D eigenvalue weighted by Gasteiger charge is -2.15. The third kappa shape index (κ3) is 6.90. The van der Waals surface area contributed by atoms with Crippen molar-refractivity contribution in [1.29, 1.82) is 0 Å².